The molecule has 1 fully saturated rings. The summed E-state index contributed by atoms with van der Waals surface area (Å²) >= 11 is 0. The molecule has 146 valence electrons. The molecule has 1 aromatic heterocycles. The van der Waals surface area contributed by atoms with Crippen LogP contribution >= 0.6 is 0 Å². The van der Waals surface area contributed by atoms with Crippen molar-refractivity contribution in [3.05, 3.63) is 53.9 Å². The third-order valence-electron chi connectivity index (χ3n) is 5.16. The highest BCUT2D eigenvalue weighted by Gasteiger charge is 2.25. The first-order chi connectivity index (χ1) is 13.0. The summed E-state index contributed by atoms with van der Waals surface area (Å²) in [4.78, 5) is 17.1. The quantitative estimate of drug-likeness (QED) is 0.808. The topological polar surface area (TPSA) is 49.7 Å². The van der Waals surface area contributed by atoms with Gasteiger partial charge in [0.15, 0.2) is 6.61 Å². The number of carbonyl (C=O) groups excluding carboxylic acids is 1. The Morgan fingerprint density at radius 1 is 1.15 bits per heavy atom. The van der Waals surface area contributed by atoms with E-state index < -0.39 is 0 Å². The van der Waals surface area contributed by atoms with Gasteiger partial charge in [-0.1, -0.05) is 12.1 Å². The molecule has 0 bridgehead atoms. The Kier molecular flexibility index (Phi) is 6.53. The third kappa shape index (κ3) is 5.34. The van der Waals surface area contributed by atoms with Crippen LogP contribution in [0.2, 0.25) is 0 Å². The zero-order chi connectivity index (χ0) is 19.2. The minimum absolute atomic E-state index is 0.0338. The van der Waals surface area contributed by atoms with E-state index in [1.807, 2.05) is 31.2 Å². The summed E-state index contributed by atoms with van der Waals surface area (Å²) in [6.45, 7) is 6.72. The minimum atomic E-state index is -0.0927. The lowest BCUT2D eigenvalue weighted by Gasteiger charge is -2.38. The standard InChI is InChI=1S/C21H30N4O2/c1-17-6-4-7-18(14-17)27-16-21(26)22-15-20(19-8-5-9-24(19)3)25-12-10-23(2)11-13-25/h4-9,14,20H,10-13,15-16H2,1-3H3,(H,22,26). The predicted molar refractivity (Wildman–Crippen MR) is 107 cm³/mol. The Hall–Kier alpha value is -2.31. The number of aryl methyl sites for hydroxylation is 2. The summed E-state index contributed by atoms with van der Waals surface area (Å²) in [6, 6.07) is 12.1. The number of likely N-dealkylation sites (N-methyl/N-ethyl adjacent to an activating group) is 1. The molecule has 1 N–H and O–H groups in total. The highest BCUT2D eigenvalue weighted by molar-refractivity contribution is 5.77. The number of aromatic nitrogens is 1. The number of amides is 1. The normalized spacial score (nSPS) is 16.9. The maximum Gasteiger partial charge on any atom is 0.258 e. The van der Waals surface area contributed by atoms with Crippen LogP contribution in [-0.4, -0.2) is 66.7 Å². The maximum atomic E-state index is 12.3. The maximum absolute atomic E-state index is 12.3. The Balaban J connectivity index is 1.57. The number of benzene rings is 1. The molecule has 3 rings (SSSR count). The first-order valence-electron chi connectivity index (χ1n) is 9.53. The molecule has 1 aliphatic rings. The van der Waals surface area contributed by atoms with E-state index in [9.17, 15) is 4.79 Å². The fourth-order valence-electron chi connectivity index (χ4n) is 3.49. The summed E-state index contributed by atoms with van der Waals surface area (Å²) in [5.74, 6) is 0.632. The molecule has 1 saturated heterocycles. The number of carbonyl (C=O) groups is 1. The van der Waals surface area contributed by atoms with E-state index in [1.54, 1.807) is 0 Å². The van der Waals surface area contributed by atoms with Crippen LogP contribution < -0.4 is 10.1 Å². The number of nitrogens with one attached hydrogen (secondary N) is 1. The van der Waals surface area contributed by atoms with Crippen molar-refractivity contribution < 1.29 is 9.53 Å². The van der Waals surface area contributed by atoms with Gasteiger partial charge in [-0.05, 0) is 43.8 Å². The molecule has 2 aromatic rings. The zero-order valence-corrected chi connectivity index (χ0v) is 16.5. The molecule has 1 aliphatic heterocycles. The average molecular weight is 370 g/mol. The molecule has 0 spiro atoms. The second-order valence-electron chi connectivity index (χ2n) is 7.31. The predicted octanol–water partition coefficient (Wildman–Crippen LogP) is 1.82. The van der Waals surface area contributed by atoms with Crippen LogP contribution in [-0.2, 0) is 11.8 Å². The number of hydrogen-bond donors (Lipinski definition) is 1. The van der Waals surface area contributed by atoms with Gasteiger partial charge >= 0.3 is 0 Å². The van der Waals surface area contributed by atoms with Crippen LogP contribution in [0.5, 0.6) is 5.75 Å². The molecule has 0 aliphatic carbocycles. The van der Waals surface area contributed by atoms with Gasteiger partial charge in [-0.15, -0.1) is 0 Å². The van der Waals surface area contributed by atoms with Crippen molar-refractivity contribution in [2.45, 2.75) is 13.0 Å². The smallest absolute Gasteiger partial charge is 0.258 e. The van der Waals surface area contributed by atoms with Gasteiger partial charge in [0.05, 0.1) is 6.04 Å². The summed E-state index contributed by atoms with van der Waals surface area (Å²) in [5.41, 5.74) is 2.34. The number of piperazine rings is 1. The zero-order valence-electron chi connectivity index (χ0n) is 16.5. The van der Waals surface area contributed by atoms with E-state index >= 15 is 0 Å². The fraction of sp³-hybridized carbons (Fsp3) is 0.476. The van der Waals surface area contributed by atoms with Crippen LogP contribution in [0.1, 0.15) is 17.3 Å². The monoisotopic (exact) mass is 370 g/mol. The Labute approximate surface area is 161 Å². The molecule has 1 amide bonds. The SMILES string of the molecule is Cc1cccc(OCC(=O)NCC(c2cccn2C)N2CCN(C)CC2)c1. The molecule has 27 heavy (non-hydrogen) atoms. The first kappa shape index (κ1) is 19.5. The van der Waals surface area contributed by atoms with E-state index in [0.29, 0.717) is 6.54 Å². The highest BCUT2D eigenvalue weighted by atomic mass is 16.5. The number of hydrogen-bond acceptors (Lipinski definition) is 4. The van der Waals surface area contributed by atoms with Crippen molar-refractivity contribution in [1.82, 2.24) is 19.7 Å². The van der Waals surface area contributed by atoms with Crippen molar-refractivity contribution in [3.63, 3.8) is 0 Å². The van der Waals surface area contributed by atoms with Crippen molar-refractivity contribution in [3.8, 4) is 5.75 Å². The second kappa shape index (κ2) is 9.06. The lowest BCUT2D eigenvalue weighted by Crippen LogP contribution is -2.49. The summed E-state index contributed by atoms with van der Waals surface area (Å²) in [6.07, 6.45) is 2.06. The number of rotatable bonds is 7. The van der Waals surface area contributed by atoms with Gasteiger partial charge in [0.1, 0.15) is 5.75 Å². The van der Waals surface area contributed by atoms with Gasteiger partial charge in [-0.2, -0.15) is 0 Å². The minimum Gasteiger partial charge on any atom is -0.484 e. The molecule has 1 unspecified atom stereocenters. The van der Waals surface area contributed by atoms with E-state index in [2.05, 4.69) is 52.1 Å². The molecule has 2 heterocycles. The van der Waals surface area contributed by atoms with Gasteiger partial charge in [-0.3, -0.25) is 9.69 Å². The summed E-state index contributed by atoms with van der Waals surface area (Å²) in [7, 11) is 4.21. The van der Waals surface area contributed by atoms with Crippen LogP contribution in [0.3, 0.4) is 0 Å². The molecule has 0 saturated carbocycles. The van der Waals surface area contributed by atoms with Gasteiger partial charge in [-0.25, -0.2) is 0 Å². The first-order valence-corrected chi connectivity index (χ1v) is 9.53. The Morgan fingerprint density at radius 2 is 1.93 bits per heavy atom. The largest absolute Gasteiger partial charge is 0.484 e. The number of nitrogens with zero attached hydrogens (tertiary/aromatic N) is 3. The van der Waals surface area contributed by atoms with Gasteiger partial charge < -0.3 is 19.5 Å². The molecule has 6 heteroatoms. The highest BCUT2D eigenvalue weighted by Crippen LogP contribution is 2.21. The van der Waals surface area contributed by atoms with Crippen molar-refractivity contribution in [2.75, 3.05) is 46.4 Å². The van der Waals surface area contributed by atoms with Crippen LogP contribution in [0, 0.1) is 6.92 Å². The third-order valence-corrected chi connectivity index (χ3v) is 5.16. The van der Waals surface area contributed by atoms with Gasteiger partial charge in [0.25, 0.3) is 5.91 Å². The molecule has 6 nitrogen and oxygen atoms in total. The van der Waals surface area contributed by atoms with Gasteiger partial charge in [0, 0.05) is 51.7 Å². The van der Waals surface area contributed by atoms with Crippen molar-refractivity contribution in [2.24, 2.45) is 7.05 Å². The second-order valence-corrected chi connectivity index (χ2v) is 7.31. The van der Waals surface area contributed by atoms with Crippen LogP contribution in [0.15, 0.2) is 42.6 Å². The van der Waals surface area contributed by atoms with Crippen LogP contribution in [0.25, 0.3) is 0 Å². The van der Waals surface area contributed by atoms with E-state index in [0.717, 1.165) is 37.5 Å². The summed E-state index contributed by atoms with van der Waals surface area (Å²) < 4.78 is 7.75. The molecule has 1 atom stereocenters. The van der Waals surface area contributed by atoms with E-state index in [-0.39, 0.29) is 18.6 Å². The Bertz CT molecular complexity index is 750. The van der Waals surface area contributed by atoms with E-state index in [4.69, 9.17) is 4.74 Å². The summed E-state index contributed by atoms with van der Waals surface area (Å²) in [5, 5.41) is 3.06. The van der Waals surface area contributed by atoms with Crippen molar-refractivity contribution in [1.29, 1.82) is 0 Å². The molecular weight excluding hydrogens is 340 g/mol. The van der Waals surface area contributed by atoms with E-state index in [1.165, 1.54) is 5.69 Å². The average Bonchev–Trinajstić information content (AvgIpc) is 3.07. The van der Waals surface area contributed by atoms with Crippen molar-refractivity contribution >= 4 is 5.91 Å². The van der Waals surface area contributed by atoms with Gasteiger partial charge in [0.2, 0.25) is 0 Å². The lowest BCUT2D eigenvalue weighted by atomic mass is 10.1. The molecular formula is C21H30N4O2. The number of ether oxygens (including phenoxy) is 1. The molecule has 0 radical (unpaired) electrons. The lowest BCUT2D eigenvalue weighted by molar-refractivity contribution is -0.123. The fourth-order valence-corrected chi connectivity index (χ4v) is 3.49. The molecule has 1 aromatic carbocycles. The van der Waals surface area contributed by atoms with Crippen LogP contribution in [0.4, 0.5) is 0 Å². The Morgan fingerprint density at radius 3 is 2.59 bits per heavy atom.